The van der Waals surface area contributed by atoms with E-state index in [0.29, 0.717) is 17.1 Å². The first-order valence-corrected chi connectivity index (χ1v) is 10.5. The first-order chi connectivity index (χ1) is 14.3. The quantitative estimate of drug-likeness (QED) is 0.793. The smallest absolute Gasteiger partial charge is 0.324 e. The number of nitrogens with one attached hydrogen (secondary N) is 1. The summed E-state index contributed by atoms with van der Waals surface area (Å²) >= 11 is 0. The summed E-state index contributed by atoms with van der Waals surface area (Å²) in [5.74, 6) is 2.03. The van der Waals surface area contributed by atoms with Gasteiger partial charge in [-0.3, -0.25) is 0 Å². The summed E-state index contributed by atoms with van der Waals surface area (Å²) in [6, 6.07) is -0.961. The van der Waals surface area contributed by atoms with Gasteiger partial charge in [-0.15, -0.1) is 0 Å². The van der Waals surface area contributed by atoms with Crippen LogP contribution in [0.2, 0.25) is 0 Å². The number of fused-ring (bicyclic) bond motifs is 2. The van der Waals surface area contributed by atoms with Crippen LogP contribution in [-0.2, 0) is 6.54 Å². The molecule has 7 nitrogen and oxygen atoms in total. The van der Waals surface area contributed by atoms with Crippen molar-refractivity contribution in [1.82, 2.24) is 24.8 Å². The summed E-state index contributed by atoms with van der Waals surface area (Å²) in [5.41, 5.74) is 8.55. The Hall–Kier alpha value is -2.36. The topological polar surface area (TPSA) is 88.5 Å². The highest BCUT2D eigenvalue weighted by molar-refractivity contribution is 5.77. The molecule has 4 atom stereocenters. The first kappa shape index (κ1) is 19.6. The van der Waals surface area contributed by atoms with Gasteiger partial charge in [-0.2, -0.15) is 18.3 Å². The van der Waals surface area contributed by atoms with Crippen molar-refractivity contribution in [2.45, 2.75) is 56.9 Å². The summed E-state index contributed by atoms with van der Waals surface area (Å²) in [7, 11) is 0. The van der Waals surface area contributed by atoms with Crippen LogP contribution >= 0.6 is 0 Å². The predicted molar refractivity (Wildman–Crippen MR) is 102 cm³/mol. The lowest BCUT2D eigenvalue weighted by atomic mass is 9.94. The molecule has 0 radical (unpaired) electrons. The van der Waals surface area contributed by atoms with Crippen LogP contribution in [0, 0.1) is 17.8 Å². The van der Waals surface area contributed by atoms with E-state index in [1.165, 1.54) is 19.3 Å². The molecule has 0 spiro atoms. The Kier molecular flexibility index (Phi) is 4.64. The van der Waals surface area contributed by atoms with Gasteiger partial charge in [-0.25, -0.2) is 14.3 Å². The van der Waals surface area contributed by atoms with E-state index in [2.05, 4.69) is 10.1 Å². The van der Waals surface area contributed by atoms with Gasteiger partial charge in [0.05, 0.1) is 30.7 Å². The highest BCUT2D eigenvalue weighted by Gasteiger charge is 2.46. The molecule has 2 saturated carbocycles. The Bertz CT molecular complexity index is 948. The normalized spacial score (nSPS) is 30.1. The van der Waals surface area contributed by atoms with Gasteiger partial charge in [0.25, 0.3) is 0 Å². The molecule has 162 valence electrons. The fraction of sp³-hybridized carbons (Fsp3) is 0.650. The van der Waals surface area contributed by atoms with Crippen LogP contribution in [0.1, 0.15) is 49.4 Å². The third-order valence-corrected chi connectivity index (χ3v) is 7.03. The number of alkyl halides is 3. The molecule has 2 aromatic heterocycles. The lowest BCUT2D eigenvalue weighted by Crippen LogP contribution is -2.40. The van der Waals surface area contributed by atoms with Crippen molar-refractivity contribution in [3.8, 4) is 0 Å². The average molecular weight is 422 g/mol. The van der Waals surface area contributed by atoms with Gasteiger partial charge in [-0.1, -0.05) is 19.3 Å². The number of halogens is 3. The lowest BCUT2D eigenvalue weighted by molar-refractivity contribution is -0.149. The van der Waals surface area contributed by atoms with E-state index < -0.39 is 24.8 Å². The number of nitrogens with zero attached hydrogens (tertiary/aromatic N) is 4. The predicted octanol–water partition coefficient (Wildman–Crippen LogP) is 3.01. The number of carbonyl (C=O) groups excluding carboxylic acids is 1. The molecular weight excluding hydrogens is 397 g/mol. The zero-order valence-electron chi connectivity index (χ0n) is 16.5. The zero-order valence-corrected chi connectivity index (χ0v) is 16.5. The van der Waals surface area contributed by atoms with Crippen molar-refractivity contribution in [3.05, 3.63) is 29.7 Å². The molecule has 2 amide bonds. The van der Waals surface area contributed by atoms with E-state index >= 15 is 0 Å². The SMILES string of the molecule is NC(c1cn2ncc(CN3C[C@@H](C(F)(F)F)NC3=O)cc2n1)C1CC2CCCC2C1. The summed E-state index contributed by atoms with van der Waals surface area (Å²) in [4.78, 5) is 17.7. The number of amides is 2. The Morgan fingerprint density at radius 3 is 2.67 bits per heavy atom. The molecule has 2 aromatic rings. The second kappa shape index (κ2) is 7.11. The number of rotatable bonds is 4. The van der Waals surface area contributed by atoms with Gasteiger partial charge in [0, 0.05) is 6.54 Å². The Morgan fingerprint density at radius 2 is 2.00 bits per heavy atom. The summed E-state index contributed by atoms with van der Waals surface area (Å²) in [6.07, 6.45) is 5.19. The summed E-state index contributed by atoms with van der Waals surface area (Å²) in [5, 5.41) is 6.29. The second-order valence-corrected chi connectivity index (χ2v) is 8.96. The lowest BCUT2D eigenvalue weighted by Gasteiger charge is -2.17. The Morgan fingerprint density at radius 1 is 1.27 bits per heavy atom. The van der Waals surface area contributed by atoms with Gasteiger partial charge in [0.1, 0.15) is 6.04 Å². The third-order valence-electron chi connectivity index (χ3n) is 7.03. The summed E-state index contributed by atoms with van der Waals surface area (Å²) in [6.45, 7) is -0.371. The minimum atomic E-state index is -4.46. The van der Waals surface area contributed by atoms with Crippen molar-refractivity contribution in [2.24, 2.45) is 23.5 Å². The molecule has 30 heavy (non-hydrogen) atoms. The highest BCUT2D eigenvalue weighted by atomic mass is 19.4. The molecule has 10 heteroatoms. The number of hydrogen-bond donors (Lipinski definition) is 2. The van der Waals surface area contributed by atoms with Crippen molar-refractivity contribution < 1.29 is 18.0 Å². The third kappa shape index (κ3) is 3.51. The number of aromatic nitrogens is 3. The number of hydrogen-bond acceptors (Lipinski definition) is 4. The number of urea groups is 1. The van der Waals surface area contributed by atoms with Gasteiger partial charge in [0.15, 0.2) is 5.65 Å². The molecule has 3 fully saturated rings. The number of imidazole rings is 1. The molecule has 1 saturated heterocycles. The molecule has 0 aromatic carbocycles. The van der Waals surface area contributed by atoms with Crippen LogP contribution in [0.4, 0.5) is 18.0 Å². The van der Waals surface area contributed by atoms with Crippen LogP contribution in [0.5, 0.6) is 0 Å². The summed E-state index contributed by atoms with van der Waals surface area (Å²) < 4.78 is 40.2. The molecule has 0 bridgehead atoms. The standard InChI is InChI=1S/C20H25F3N6O/c21-20(22,23)16-10-28(19(30)27-16)8-11-4-17-26-15(9-29(17)25-7-11)18(24)14-5-12-2-1-3-13(12)6-14/h4,7,9,12-14,16,18H,1-3,5-6,8,10,24H2,(H,27,30)/t12?,13?,14?,16-,18?/m0/s1. The van der Waals surface area contributed by atoms with E-state index in [9.17, 15) is 18.0 Å². The van der Waals surface area contributed by atoms with Crippen LogP contribution in [0.3, 0.4) is 0 Å². The van der Waals surface area contributed by atoms with Gasteiger partial charge >= 0.3 is 12.2 Å². The van der Waals surface area contributed by atoms with E-state index in [-0.39, 0.29) is 12.6 Å². The molecule has 1 aliphatic heterocycles. The Labute approximate surface area is 171 Å². The van der Waals surface area contributed by atoms with Crippen molar-refractivity contribution >= 4 is 11.7 Å². The van der Waals surface area contributed by atoms with Crippen LogP contribution in [0.15, 0.2) is 18.5 Å². The van der Waals surface area contributed by atoms with Crippen LogP contribution < -0.4 is 11.1 Å². The van der Waals surface area contributed by atoms with E-state index in [1.54, 1.807) is 16.8 Å². The zero-order chi connectivity index (χ0) is 21.0. The molecule has 3 aliphatic rings. The van der Waals surface area contributed by atoms with E-state index in [4.69, 9.17) is 5.73 Å². The monoisotopic (exact) mass is 422 g/mol. The number of carbonyl (C=O) groups is 1. The average Bonchev–Trinajstić information content (AvgIpc) is 3.43. The van der Waals surface area contributed by atoms with Gasteiger partial charge < -0.3 is 16.0 Å². The van der Waals surface area contributed by atoms with Crippen molar-refractivity contribution in [2.75, 3.05) is 6.54 Å². The van der Waals surface area contributed by atoms with E-state index in [1.807, 2.05) is 11.5 Å². The maximum absolute atomic E-state index is 12.9. The highest BCUT2D eigenvalue weighted by Crippen LogP contribution is 2.49. The number of nitrogens with two attached hydrogens (primary N) is 1. The van der Waals surface area contributed by atoms with Crippen molar-refractivity contribution in [3.63, 3.8) is 0 Å². The minimum absolute atomic E-state index is 0.0438. The molecule has 5 rings (SSSR count). The fourth-order valence-corrected chi connectivity index (χ4v) is 5.46. The molecule has 3 heterocycles. The fourth-order valence-electron chi connectivity index (χ4n) is 5.46. The van der Waals surface area contributed by atoms with Crippen molar-refractivity contribution in [1.29, 1.82) is 0 Å². The second-order valence-electron chi connectivity index (χ2n) is 8.96. The van der Waals surface area contributed by atoms with Gasteiger partial charge in [0.2, 0.25) is 0 Å². The largest absolute Gasteiger partial charge is 0.410 e. The Balaban J connectivity index is 1.29. The first-order valence-electron chi connectivity index (χ1n) is 10.5. The molecular formula is C20H25F3N6O. The molecule has 3 unspecified atom stereocenters. The molecule has 2 aliphatic carbocycles. The maximum atomic E-state index is 12.9. The van der Waals surface area contributed by atoms with Crippen LogP contribution in [0.25, 0.3) is 5.65 Å². The van der Waals surface area contributed by atoms with E-state index in [0.717, 1.165) is 35.3 Å². The van der Waals surface area contributed by atoms with Gasteiger partial charge in [-0.05, 0) is 42.2 Å². The maximum Gasteiger partial charge on any atom is 0.410 e. The van der Waals surface area contributed by atoms with Crippen LogP contribution in [-0.4, -0.2) is 44.3 Å². The minimum Gasteiger partial charge on any atom is -0.324 e. The molecule has 3 N–H and O–H groups in total.